The van der Waals surface area contributed by atoms with Gasteiger partial charge in [-0.05, 0) is 42.5 Å². The molecule has 0 radical (unpaired) electrons. The summed E-state index contributed by atoms with van der Waals surface area (Å²) < 4.78 is 32.2. The average molecular weight is 469 g/mol. The number of hydrogen-bond acceptors (Lipinski definition) is 7. The summed E-state index contributed by atoms with van der Waals surface area (Å²) in [6.45, 7) is -0.642. The van der Waals surface area contributed by atoms with E-state index in [1.165, 1.54) is 55.6 Å². The third-order valence-electron chi connectivity index (χ3n) is 4.55. The minimum absolute atomic E-state index is 0.159. The maximum absolute atomic E-state index is 13.4. The molecule has 0 saturated carbocycles. The lowest BCUT2D eigenvalue weighted by molar-refractivity contribution is -0.387. The summed E-state index contributed by atoms with van der Waals surface area (Å²) in [4.78, 5) is 34.3. The Kier molecular flexibility index (Phi) is 7.04. The van der Waals surface area contributed by atoms with E-state index < -0.39 is 44.0 Å². The highest BCUT2D eigenvalue weighted by molar-refractivity contribution is 7.93. The van der Waals surface area contributed by atoms with Gasteiger partial charge in [-0.15, -0.1) is 0 Å². The van der Waals surface area contributed by atoms with Crippen molar-refractivity contribution in [3.63, 3.8) is 0 Å². The van der Waals surface area contributed by atoms with Crippen molar-refractivity contribution in [2.75, 3.05) is 23.3 Å². The van der Waals surface area contributed by atoms with Gasteiger partial charge >= 0.3 is 5.97 Å². The number of benzene rings is 3. The topological polar surface area (TPSA) is 136 Å². The summed E-state index contributed by atoms with van der Waals surface area (Å²) in [6, 6.07) is 18.5. The number of rotatable bonds is 8. The lowest BCUT2D eigenvalue weighted by Gasteiger charge is -2.24. The van der Waals surface area contributed by atoms with Gasteiger partial charge in [0, 0.05) is 11.8 Å². The number of hydrogen-bond donors (Lipinski definition) is 1. The molecule has 0 aliphatic rings. The molecule has 0 spiro atoms. The van der Waals surface area contributed by atoms with Gasteiger partial charge < -0.3 is 10.1 Å². The summed E-state index contributed by atoms with van der Waals surface area (Å²) >= 11 is 0. The van der Waals surface area contributed by atoms with Crippen LogP contribution >= 0.6 is 0 Å². The smallest absolute Gasteiger partial charge is 0.337 e. The van der Waals surface area contributed by atoms with Crippen molar-refractivity contribution < 1.29 is 27.7 Å². The highest BCUT2D eigenvalue weighted by Crippen LogP contribution is 2.29. The minimum Gasteiger partial charge on any atom is -0.465 e. The number of esters is 1. The molecule has 3 aromatic rings. The van der Waals surface area contributed by atoms with E-state index in [-0.39, 0.29) is 11.3 Å². The first-order chi connectivity index (χ1) is 15.7. The molecule has 0 aliphatic heterocycles. The van der Waals surface area contributed by atoms with E-state index in [1.54, 1.807) is 18.2 Å². The Labute approximate surface area is 189 Å². The van der Waals surface area contributed by atoms with E-state index in [0.29, 0.717) is 5.69 Å². The number of nitrogens with one attached hydrogen (secondary N) is 1. The molecular weight excluding hydrogens is 450 g/mol. The largest absolute Gasteiger partial charge is 0.465 e. The van der Waals surface area contributed by atoms with Crippen molar-refractivity contribution in [1.82, 2.24) is 0 Å². The van der Waals surface area contributed by atoms with Crippen LogP contribution in [0.1, 0.15) is 10.4 Å². The second kappa shape index (κ2) is 9.92. The summed E-state index contributed by atoms with van der Waals surface area (Å²) in [5, 5.41) is 14.0. The number of nitro benzene ring substituents is 1. The van der Waals surface area contributed by atoms with Gasteiger partial charge in [0.2, 0.25) is 5.91 Å². The van der Waals surface area contributed by atoms with Gasteiger partial charge in [-0.2, -0.15) is 0 Å². The van der Waals surface area contributed by atoms with Gasteiger partial charge in [0.1, 0.15) is 6.54 Å². The Balaban J connectivity index is 1.92. The molecule has 0 aliphatic carbocycles. The maximum atomic E-state index is 13.4. The molecule has 10 nitrogen and oxygen atoms in total. The highest BCUT2D eigenvalue weighted by Gasteiger charge is 2.33. The molecule has 0 bridgehead atoms. The van der Waals surface area contributed by atoms with Crippen molar-refractivity contribution in [1.29, 1.82) is 0 Å². The molecule has 0 fully saturated rings. The van der Waals surface area contributed by atoms with Crippen LogP contribution in [-0.2, 0) is 19.6 Å². The van der Waals surface area contributed by atoms with Crippen LogP contribution in [0.5, 0.6) is 0 Å². The number of sulfonamides is 1. The van der Waals surface area contributed by atoms with E-state index in [1.807, 2.05) is 0 Å². The first kappa shape index (κ1) is 23.4. The molecule has 0 aromatic heterocycles. The fourth-order valence-corrected chi connectivity index (χ4v) is 4.57. The van der Waals surface area contributed by atoms with Crippen LogP contribution in [0.25, 0.3) is 0 Å². The van der Waals surface area contributed by atoms with Gasteiger partial charge in [-0.25, -0.2) is 13.2 Å². The monoisotopic (exact) mass is 469 g/mol. The minimum atomic E-state index is -4.47. The van der Waals surface area contributed by atoms with Crippen LogP contribution in [0.15, 0.2) is 83.8 Å². The molecule has 3 aromatic carbocycles. The van der Waals surface area contributed by atoms with Gasteiger partial charge in [0.15, 0.2) is 4.90 Å². The average Bonchev–Trinajstić information content (AvgIpc) is 2.83. The predicted molar refractivity (Wildman–Crippen MR) is 120 cm³/mol. The van der Waals surface area contributed by atoms with Gasteiger partial charge in [-0.1, -0.05) is 30.3 Å². The molecule has 0 atom stereocenters. The Morgan fingerprint density at radius 2 is 1.58 bits per heavy atom. The normalized spacial score (nSPS) is 10.8. The molecular formula is C22H19N3O7S. The summed E-state index contributed by atoms with van der Waals surface area (Å²) in [5.41, 5.74) is 0.160. The first-order valence-electron chi connectivity index (χ1n) is 9.53. The summed E-state index contributed by atoms with van der Waals surface area (Å²) in [7, 11) is -3.23. The van der Waals surface area contributed by atoms with Crippen molar-refractivity contribution in [2.45, 2.75) is 4.90 Å². The maximum Gasteiger partial charge on any atom is 0.337 e. The molecule has 11 heteroatoms. The second-order valence-electron chi connectivity index (χ2n) is 6.69. The van der Waals surface area contributed by atoms with Crippen molar-refractivity contribution in [3.05, 3.63) is 94.5 Å². The molecule has 170 valence electrons. The van der Waals surface area contributed by atoms with E-state index in [4.69, 9.17) is 0 Å². The standard InChI is InChI=1S/C22H19N3O7S/c1-32-22(27)16-11-13-17(14-12-16)23-21(26)15-24(18-7-3-2-4-8-18)33(30,31)20-10-6-5-9-19(20)25(28)29/h2-14H,15H2,1H3,(H,23,26). The fourth-order valence-electron chi connectivity index (χ4n) is 2.99. The molecule has 0 heterocycles. The first-order valence-corrected chi connectivity index (χ1v) is 11.0. The predicted octanol–water partition coefficient (Wildman–Crippen LogP) is 3.22. The number of para-hydroxylation sites is 2. The SMILES string of the molecule is COC(=O)c1ccc(NC(=O)CN(c2ccccc2)S(=O)(=O)c2ccccc2[N+](=O)[O-])cc1. The van der Waals surface area contributed by atoms with Crippen LogP contribution in [0.2, 0.25) is 0 Å². The zero-order chi connectivity index (χ0) is 24.0. The molecule has 0 unspecified atom stereocenters. The Bertz CT molecular complexity index is 1280. The number of ether oxygens (including phenoxy) is 1. The van der Waals surface area contributed by atoms with Crippen molar-refractivity contribution in [2.24, 2.45) is 0 Å². The molecule has 0 saturated heterocycles. The Morgan fingerprint density at radius 3 is 2.18 bits per heavy atom. The van der Waals surface area contributed by atoms with E-state index >= 15 is 0 Å². The Morgan fingerprint density at radius 1 is 0.970 bits per heavy atom. The number of amides is 1. The van der Waals surface area contributed by atoms with Crippen LogP contribution in [0.3, 0.4) is 0 Å². The number of methoxy groups -OCH3 is 1. The molecule has 1 amide bonds. The van der Waals surface area contributed by atoms with Gasteiger partial charge in [0.05, 0.1) is 23.3 Å². The van der Waals surface area contributed by atoms with Crippen LogP contribution < -0.4 is 9.62 Å². The second-order valence-corrected chi connectivity index (χ2v) is 8.52. The third kappa shape index (κ3) is 5.33. The molecule has 1 N–H and O–H groups in total. The number of carbonyl (C=O) groups is 2. The summed E-state index contributed by atoms with van der Waals surface area (Å²) in [6.07, 6.45) is 0. The number of nitro groups is 1. The lowest BCUT2D eigenvalue weighted by atomic mass is 10.2. The molecule has 33 heavy (non-hydrogen) atoms. The van der Waals surface area contributed by atoms with E-state index in [9.17, 15) is 28.1 Å². The highest BCUT2D eigenvalue weighted by atomic mass is 32.2. The number of carbonyl (C=O) groups excluding carboxylic acids is 2. The van der Waals surface area contributed by atoms with Crippen molar-refractivity contribution in [3.8, 4) is 0 Å². The Hall–Kier alpha value is -4.25. The molecule has 3 rings (SSSR count). The zero-order valence-corrected chi connectivity index (χ0v) is 18.2. The lowest BCUT2D eigenvalue weighted by Crippen LogP contribution is -2.38. The number of nitrogens with zero attached hydrogens (tertiary/aromatic N) is 2. The fraction of sp³-hybridized carbons (Fsp3) is 0.0909. The third-order valence-corrected chi connectivity index (χ3v) is 6.37. The van der Waals surface area contributed by atoms with Gasteiger partial charge in [0.25, 0.3) is 15.7 Å². The van der Waals surface area contributed by atoms with Crippen molar-refractivity contribution >= 4 is 39.0 Å². The summed E-state index contributed by atoms with van der Waals surface area (Å²) in [5.74, 6) is -1.23. The quantitative estimate of drug-likeness (QED) is 0.304. The zero-order valence-electron chi connectivity index (χ0n) is 17.4. The van der Waals surface area contributed by atoms with Crippen LogP contribution in [0.4, 0.5) is 17.1 Å². The number of anilines is 2. The van der Waals surface area contributed by atoms with Crippen LogP contribution in [0, 0.1) is 10.1 Å². The van der Waals surface area contributed by atoms with Gasteiger partial charge in [-0.3, -0.25) is 19.2 Å². The van der Waals surface area contributed by atoms with E-state index in [0.717, 1.165) is 16.4 Å². The van der Waals surface area contributed by atoms with Crippen LogP contribution in [-0.4, -0.2) is 38.9 Å². The van der Waals surface area contributed by atoms with E-state index in [2.05, 4.69) is 10.1 Å².